The second-order valence-corrected chi connectivity index (χ2v) is 5.40. The molecule has 0 fully saturated rings. The van der Waals surface area contributed by atoms with Crippen molar-refractivity contribution < 1.29 is 9.59 Å². The summed E-state index contributed by atoms with van der Waals surface area (Å²) in [5.74, 6) is -0.567. The van der Waals surface area contributed by atoms with Crippen LogP contribution in [0.5, 0.6) is 0 Å². The fraction of sp³-hybridized carbons (Fsp3) is 0.125. The van der Waals surface area contributed by atoms with Crippen LogP contribution in [-0.4, -0.2) is 25.9 Å². The Bertz CT molecular complexity index is 712. The predicted octanol–water partition coefficient (Wildman–Crippen LogP) is 3.63. The second kappa shape index (κ2) is 6.81. The van der Waals surface area contributed by atoms with Crippen LogP contribution in [0.2, 0.25) is 10.0 Å². The van der Waals surface area contributed by atoms with Crippen LogP contribution in [0.15, 0.2) is 42.5 Å². The number of hydrogen-bond acceptors (Lipinski definition) is 2. The highest BCUT2D eigenvalue weighted by Gasteiger charge is 2.20. The maximum absolute atomic E-state index is 12.6. The molecule has 0 aliphatic heterocycles. The lowest BCUT2D eigenvalue weighted by molar-refractivity contribution is 0.0959. The predicted molar refractivity (Wildman–Crippen MR) is 89.0 cm³/mol. The molecule has 0 spiro atoms. The van der Waals surface area contributed by atoms with E-state index in [1.165, 1.54) is 4.90 Å². The van der Waals surface area contributed by atoms with Gasteiger partial charge in [0.25, 0.3) is 11.8 Å². The van der Waals surface area contributed by atoms with Crippen molar-refractivity contribution in [3.8, 4) is 0 Å². The minimum atomic E-state index is -0.343. The molecule has 0 heterocycles. The van der Waals surface area contributed by atoms with Gasteiger partial charge in [-0.25, -0.2) is 0 Å². The number of rotatable bonds is 3. The summed E-state index contributed by atoms with van der Waals surface area (Å²) in [6, 6.07) is 11.6. The Morgan fingerprint density at radius 3 is 2.23 bits per heavy atom. The molecule has 4 nitrogen and oxygen atoms in total. The summed E-state index contributed by atoms with van der Waals surface area (Å²) in [5, 5.41) is 3.11. The van der Waals surface area contributed by atoms with Gasteiger partial charge in [0.05, 0.1) is 15.6 Å². The first-order valence-electron chi connectivity index (χ1n) is 6.50. The molecule has 2 aromatic rings. The lowest BCUT2D eigenvalue weighted by Crippen LogP contribution is -2.27. The maximum Gasteiger partial charge on any atom is 0.261 e. The van der Waals surface area contributed by atoms with E-state index >= 15 is 0 Å². The van der Waals surface area contributed by atoms with Gasteiger partial charge in [-0.1, -0.05) is 35.3 Å². The number of nitrogens with one attached hydrogen (secondary N) is 1. The number of amides is 2. The summed E-state index contributed by atoms with van der Waals surface area (Å²) in [5.41, 5.74) is 1.27. The molecule has 1 N–H and O–H groups in total. The van der Waals surface area contributed by atoms with Crippen LogP contribution < -0.4 is 10.2 Å². The Hall–Kier alpha value is -2.04. The minimum absolute atomic E-state index is 0.224. The molecule has 22 heavy (non-hydrogen) atoms. The van der Waals surface area contributed by atoms with E-state index in [1.54, 1.807) is 56.6 Å². The molecule has 0 aliphatic carbocycles. The van der Waals surface area contributed by atoms with Crippen molar-refractivity contribution in [1.82, 2.24) is 5.32 Å². The van der Waals surface area contributed by atoms with Gasteiger partial charge in [0.2, 0.25) is 0 Å². The van der Waals surface area contributed by atoms with Crippen LogP contribution in [-0.2, 0) is 0 Å². The largest absolute Gasteiger partial charge is 0.355 e. The first kappa shape index (κ1) is 16.3. The van der Waals surface area contributed by atoms with Gasteiger partial charge >= 0.3 is 0 Å². The van der Waals surface area contributed by atoms with Gasteiger partial charge in [-0.3, -0.25) is 9.59 Å². The number of anilines is 1. The summed E-state index contributed by atoms with van der Waals surface area (Å²) < 4.78 is 0. The highest BCUT2D eigenvalue weighted by atomic mass is 35.5. The Kier molecular flexibility index (Phi) is 5.06. The number of halogens is 2. The highest BCUT2D eigenvalue weighted by Crippen LogP contribution is 2.27. The first-order chi connectivity index (χ1) is 10.5. The summed E-state index contributed by atoms with van der Waals surface area (Å²) in [6.07, 6.45) is 0. The molecule has 0 bridgehead atoms. The summed E-state index contributed by atoms with van der Waals surface area (Å²) >= 11 is 12.1. The Morgan fingerprint density at radius 1 is 1.05 bits per heavy atom. The number of hydrogen-bond donors (Lipinski definition) is 1. The van der Waals surface area contributed by atoms with E-state index in [-0.39, 0.29) is 27.4 Å². The Labute approximate surface area is 138 Å². The van der Waals surface area contributed by atoms with E-state index < -0.39 is 0 Å². The van der Waals surface area contributed by atoms with Gasteiger partial charge in [-0.2, -0.15) is 0 Å². The average Bonchev–Trinajstić information content (AvgIpc) is 2.53. The van der Waals surface area contributed by atoms with Gasteiger partial charge in [0.15, 0.2) is 0 Å². The van der Waals surface area contributed by atoms with Crippen molar-refractivity contribution in [3.05, 3.63) is 63.6 Å². The number of benzene rings is 2. The summed E-state index contributed by atoms with van der Waals surface area (Å²) in [4.78, 5) is 25.7. The average molecular weight is 337 g/mol. The van der Waals surface area contributed by atoms with Crippen LogP contribution in [0.1, 0.15) is 20.7 Å². The molecule has 2 aromatic carbocycles. The molecule has 0 unspecified atom stereocenters. The highest BCUT2D eigenvalue weighted by molar-refractivity contribution is 6.40. The zero-order chi connectivity index (χ0) is 16.3. The lowest BCUT2D eigenvalue weighted by atomic mass is 10.1. The molecule has 0 aliphatic rings. The fourth-order valence-electron chi connectivity index (χ4n) is 1.99. The summed E-state index contributed by atoms with van der Waals surface area (Å²) in [6.45, 7) is 0. The fourth-order valence-corrected chi connectivity index (χ4v) is 2.55. The van der Waals surface area contributed by atoms with Crippen LogP contribution in [0.3, 0.4) is 0 Å². The van der Waals surface area contributed by atoms with E-state index in [0.717, 1.165) is 0 Å². The molecule has 0 radical (unpaired) electrons. The standard InChI is InChI=1S/C16H14Cl2N2O2/c1-19-15(21)10-5-3-6-11(9-10)20(2)16(22)14-12(17)7-4-8-13(14)18/h3-9H,1-2H3,(H,19,21). The summed E-state index contributed by atoms with van der Waals surface area (Å²) in [7, 11) is 3.15. The van der Waals surface area contributed by atoms with Crippen molar-refractivity contribution in [1.29, 1.82) is 0 Å². The SMILES string of the molecule is CNC(=O)c1cccc(N(C)C(=O)c2c(Cl)cccc2Cl)c1. The molecule has 0 saturated carbocycles. The number of carbonyl (C=O) groups excluding carboxylic acids is 2. The van der Waals surface area contributed by atoms with Crippen LogP contribution >= 0.6 is 23.2 Å². The molecular weight excluding hydrogens is 323 g/mol. The third-order valence-corrected chi connectivity index (χ3v) is 3.83. The van der Waals surface area contributed by atoms with E-state index in [4.69, 9.17) is 23.2 Å². The monoisotopic (exact) mass is 336 g/mol. The van der Waals surface area contributed by atoms with E-state index in [1.807, 2.05) is 0 Å². The van der Waals surface area contributed by atoms with Crippen LogP contribution in [0.25, 0.3) is 0 Å². The van der Waals surface area contributed by atoms with E-state index in [0.29, 0.717) is 11.3 Å². The third kappa shape index (κ3) is 3.24. The van der Waals surface area contributed by atoms with Gasteiger partial charge in [-0.05, 0) is 30.3 Å². The molecule has 0 saturated heterocycles. The molecule has 114 valence electrons. The third-order valence-electron chi connectivity index (χ3n) is 3.20. The van der Waals surface area contributed by atoms with Gasteiger partial charge in [-0.15, -0.1) is 0 Å². The maximum atomic E-state index is 12.6. The van der Waals surface area contributed by atoms with Crippen molar-refractivity contribution >= 4 is 40.7 Å². The van der Waals surface area contributed by atoms with Crippen molar-refractivity contribution in [2.45, 2.75) is 0 Å². The lowest BCUT2D eigenvalue weighted by Gasteiger charge is -2.19. The van der Waals surface area contributed by atoms with Crippen LogP contribution in [0.4, 0.5) is 5.69 Å². The second-order valence-electron chi connectivity index (χ2n) is 4.59. The minimum Gasteiger partial charge on any atom is -0.355 e. The number of nitrogens with zero attached hydrogens (tertiary/aromatic N) is 1. The molecule has 2 rings (SSSR count). The normalized spacial score (nSPS) is 10.2. The molecule has 0 aromatic heterocycles. The molecule has 2 amide bonds. The van der Waals surface area contributed by atoms with Gasteiger partial charge in [0.1, 0.15) is 0 Å². The van der Waals surface area contributed by atoms with E-state index in [9.17, 15) is 9.59 Å². The van der Waals surface area contributed by atoms with Crippen molar-refractivity contribution in [3.63, 3.8) is 0 Å². The van der Waals surface area contributed by atoms with E-state index in [2.05, 4.69) is 5.32 Å². The van der Waals surface area contributed by atoms with Crippen LogP contribution in [0, 0.1) is 0 Å². The molecular formula is C16H14Cl2N2O2. The smallest absolute Gasteiger partial charge is 0.261 e. The number of carbonyl (C=O) groups is 2. The zero-order valence-electron chi connectivity index (χ0n) is 12.1. The Morgan fingerprint density at radius 2 is 1.64 bits per heavy atom. The topological polar surface area (TPSA) is 49.4 Å². The quantitative estimate of drug-likeness (QED) is 0.930. The van der Waals surface area contributed by atoms with Gasteiger partial charge < -0.3 is 10.2 Å². The first-order valence-corrected chi connectivity index (χ1v) is 7.25. The van der Waals surface area contributed by atoms with Crippen molar-refractivity contribution in [2.75, 3.05) is 19.0 Å². The Balaban J connectivity index is 2.37. The molecule has 6 heteroatoms. The molecule has 0 atom stereocenters. The van der Waals surface area contributed by atoms with Gasteiger partial charge in [0, 0.05) is 25.3 Å². The zero-order valence-corrected chi connectivity index (χ0v) is 13.6. The van der Waals surface area contributed by atoms with Crippen molar-refractivity contribution in [2.24, 2.45) is 0 Å².